The summed E-state index contributed by atoms with van der Waals surface area (Å²) in [6, 6.07) is 8.44. The molecule has 1 atom stereocenters. The van der Waals surface area contributed by atoms with Crippen LogP contribution in [0, 0.1) is 12.7 Å². The van der Waals surface area contributed by atoms with Crippen LogP contribution >= 0.6 is 11.6 Å². The van der Waals surface area contributed by atoms with Crippen molar-refractivity contribution in [3.8, 4) is 28.5 Å². The number of carboxylic acids is 1. The third-order valence-electron chi connectivity index (χ3n) is 6.87. The number of aromatic nitrogens is 5. The highest BCUT2D eigenvalue weighted by atomic mass is 35.5. The van der Waals surface area contributed by atoms with Crippen LogP contribution in [0.1, 0.15) is 50.0 Å². The van der Waals surface area contributed by atoms with Gasteiger partial charge < -0.3 is 19.6 Å². The van der Waals surface area contributed by atoms with Crippen molar-refractivity contribution < 1.29 is 23.8 Å². The van der Waals surface area contributed by atoms with E-state index in [-0.39, 0.29) is 11.3 Å². The van der Waals surface area contributed by atoms with Gasteiger partial charge in [-0.1, -0.05) is 11.6 Å². The summed E-state index contributed by atoms with van der Waals surface area (Å²) in [4.78, 5) is 24.9. The Kier molecular flexibility index (Phi) is 6.27. The molecule has 206 valence electrons. The van der Waals surface area contributed by atoms with Crippen LogP contribution in [0.2, 0.25) is 5.02 Å². The Bertz CT molecular complexity index is 1810. The van der Waals surface area contributed by atoms with Crippen molar-refractivity contribution in [2.24, 2.45) is 0 Å². The lowest BCUT2D eigenvalue weighted by atomic mass is 9.92. The molecule has 0 bridgehead atoms. The van der Waals surface area contributed by atoms with Crippen molar-refractivity contribution in [3.05, 3.63) is 64.1 Å². The Hall–Kier alpha value is -4.02. The molecule has 9 nitrogen and oxygen atoms in total. The van der Waals surface area contributed by atoms with Gasteiger partial charge in [0.1, 0.15) is 5.69 Å². The quantitative estimate of drug-likeness (QED) is 0.257. The summed E-state index contributed by atoms with van der Waals surface area (Å²) in [7, 11) is 0. The fraction of sp³-hybridized carbons (Fsp3) is 0.310. The number of imidazole rings is 1. The van der Waals surface area contributed by atoms with E-state index in [0.29, 0.717) is 52.0 Å². The molecule has 6 rings (SSSR count). The predicted molar refractivity (Wildman–Crippen MR) is 148 cm³/mol. The first-order valence-electron chi connectivity index (χ1n) is 12.9. The van der Waals surface area contributed by atoms with Crippen molar-refractivity contribution in [1.29, 1.82) is 0 Å². The minimum Gasteiger partial charge on any atom is -0.490 e. The summed E-state index contributed by atoms with van der Waals surface area (Å²) in [5.41, 5.74) is 4.21. The lowest BCUT2D eigenvalue weighted by Gasteiger charge is -2.27. The molecule has 3 aromatic heterocycles. The summed E-state index contributed by atoms with van der Waals surface area (Å²) in [5.74, 6) is -0.991. The number of carbonyl (C=O) groups is 1. The van der Waals surface area contributed by atoms with Gasteiger partial charge in [-0.05, 0) is 70.4 Å². The van der Waals surface area contributed by atoms with Gasteiger partial charge in [-0.25, -0.2) is 23.7 Å². The zero-order chi connectivity index (χ0) is 28.3. The number of fused-ring (bicyclic) bond motifs is 3. The van der Waals surface area contributed by atoms with Gasteiger partial charge in [-0.15, -0.1) is 0 Å². The van der Waals surface area contributed by atoms with E-state index in [4.69, 9.17) is 26.2 Å². The molecule has 0 radical (unpaired) electrons. The highest BCUT2D eigenvalue weighted by molar-refractivity contribution is 6.31. The zero-order valence-electron chi connectivity index (χ0n) is 22.4. The SMILES string of the molecule is Cc1c(-c2c([C@H](OC(C)(C)C)C(=O)O)cnc3cc(-c4nc5ccc(Cl)cc5[nH]4)nn23)cc(F)c2c1CCCO2. The van der Waals surface area contributed by atoms with E-state index in [1.165, 1.54) is 16.8 Å². The Balaban J connectivity index is 1.63. The third-order valence-corrected chi connectivity index (χ3v) is 7.10. The van der Waals surface area contributed by atoms with Crippen LogP contribution in [0.4, 0.5) is 4.39 Å². The minimum absolute atomic E-state index is 0.238. The molecule has 4 heterocycles. The van der Waals surface area contributed by atoms with E-state index < -0.39 is 23.5 Å². The average molecular weight is 564 g/mol. The van der Waals surface area contributed by atoms with E-state index in [2.05, 4.69) is 15.0 Å². The number of hydrogen-bond donors (Lipinski definition) is 2. The molecule has 0 spiro atoms. The number of hydrogen-bond acceptors (Lipinski definition) is 6. The Labute approximate surface area is 233 Å². The number of aliphatic carboxylic acids is 1. The Morgan fingerprint density at radius 3 is 2.83 bits per heavy atom. The smallest absolute Gasteiger partial charge is 0.337 e. The number of nitrogens with zero attached hydrogens (tertiary/aromatic N) is 4. The molecular formula is C29H27ClFN5O4. The normalized spacial score (nSPS) is 14.3. The number of rotatable bonds is 5. The van der Waals surface area contributed by atoms with E-state index >= 15 is 4.39 Å². The second kappa shape index (κ2) is 9.57. The molecule has 11 heteroatoms. The third kappa shape index (κ3) is 4.56. The summed E-state index contributed by atoms with van der Waals surface area (Å²) in [5, 5.41) is 15.6. The molecule has 0 unspecified atom stereocenters. The molecule has 40 heavy (non-hydrogen) atoms. The molecule has 1 aliphatic heterocycles. The number of ether oxygens (including phenoxy) is 2. The monoisotopic (exact) mass is 563 g/mol. The first kappa shape index (κ1) is 26.2. The predicted octanol–water partition coefficient (Wildman–Crippen LogP) is 6.31. The van der Waals surface area contributed by atoms with Gasteiger partial charge in [-0.3, -0.25) is 0 Å². The highest BCUT2D eigenvalue weighted by Gasteiger charge is 2.33. The van der Waals surface area contributed by atoms with E-state index in [1.54, 1.807) is 45.0 Å². The van der Waals surface area contributed by atoms with Crippen molar-refractivity contribution >= 4 is 34.3 Å². The van der Waals surface area contributed by atoms with Crippen molar-refractivity contribution in [2.45, 2.75) is 52.2 Å². The molecular weight excluding hydrogens is 537 g/mol. The highest BCUT2D eigenvalue weighted by Crippen LogP contribution is 2.41. The van der Waals surface area contributed by atoms with Gasteiger partial charge in [0, 0.05) is 34.0 Å². The number of carboxylic acid groups (broad SMARTS) is 1. The summed E-state index contributed by atoms with van der Waals surface area (Å²) < 4.78 is 28.6. The molecule has 0 amide bonds. The second-order valence-electron chi connectivity index (χ2n) is 10.8. The number of nitrogens with one attached hydrogen (secondary N) is 1. The van der Waals surface area contributed by atoms with Crippen LogP contribution < -0.4 is 4.74 Å². The van der Waals surface area contributed by atoms with Crippen molar-refractivity contribution in [3.63, 3.8) is 0 Å². The van der Waals surface area contributed by atoms with Gasteiger partial charge in [-0.2, -0.15) is 5.10 Å². The van der Waals surface area contributed by atoms with Gasteiger partial charge in [0.15, 0.2) is 29.1 Å². The summed E-state index contributed by atoms with van der Waals surface area (Å²) >= 11 is 6.15. The molecule has 0 aliphatic carbocycles. The molecule has 0 saturated heterocycles. The number of halogens is 2. The number of benzene rings is 2. The maximum absolute atomic E-state index is 15.4. The zero-order valence-corrected chi connectivity index (χ0v) is 23.1. The van der Waals surface area contributed by atoms with Gasteiger partial charge in [0.25, 0.3) is 0 Å². The van der Waals surface area contributed by atoms with Crippen LogP contribution in [0.5, 0.6) is 5.75 Å². The van der Waals surface area contributed by atoms with Gasteiger partial charge in [0.05, 0.1) is 28.9 Å². The molecule has 5 aromatic rings. The van der Waals surface area contributed by atoms with Crippen LogP contribution in [0.3, 0.4) is 0 Å². The lowest BCUT2D eigenvalue weighted by Crippen LogP contribution is -2.28. The van der Waals surface area contributed by atoms with Gasteiger partial charge >= 0.3 is 5.97 Å². The standard InChI is InChI=1S/C29H27ClFN5O4/c1-14-16-6-5-9-39-25(16)19(31)11-17(14)24-18(26(28(37)38)40-29(2,3)4)13-32-23-12-22(35-36(23)24)27-33-20-8-7-15(30)10-21(20)34-27/h7-8,10-13,26H,5-6,9H2,1-4H3,(H,33,34)(H,37,38)/t26-/m0/s1. The van der Waals surface area contributed by atoms with Gasteiger partial charge in [0.2, 0.25) is 0 Å². The Morgan fingerprint density at radius 1 is 1.27 bits per heavy atom. The van der Waals surface area contributed by atoms with Crippen LogP contribution in [-0.2, 0) is 16.0 Å². The first-order valence-corrected chi connectivity index (χ1v) is 13.3. The average Bonchev–Trinajstić information content (AvgIpc) is 3.52. The maximum Gasteiger partial charge on any atom is 0.337 e. The molecule has 2 N–H and O–H groups in total. The second-order valence-corrected chi connectivity index (χ2v) is 11.3. The maximum atomic E-state index is 15.4. The molecule has 0 saturated carbocycles. The topological polar surface area (TPSA) is 115 Å². The fourth-order valence-corrected chi connectivity index (χ4v) is 5.30. The largest absolute Gasteiger partial charge is 0.490 e. The van der Waals surface area contributed by atoms with E-state index in [9.17, 15) is 9.90 Å². The fourth-order valence-electron chi connectivity index (χ4n) is 5.13. The molecule has 0 fully saturated rings. The molecule has 1 aliphatic rings. The summed E-state index contributed by atoms with van der Waals surface area (Å²) in [6.45, 7) is 7.64. The first-order chi connectivity index (χ1) is 19.0. The van der Waals surface area contributed by atoms with Crippen LogP contribution in [0.25, 0.3) is 39.5 Å². The lowest BCUT2D eigenvalue weighted by molar-refractivity contribution is -0.160. The van der Waals surface area contributed by atoms with E-state index in [1.807, 2.05) is 6.92 Å². The summed E-state index contributed by atoms with van der Waals surface area (Å²) in [6.07, 6.45) is 1.47. The van der Waals surface area contributed by atoms with E-state index in [0.717, 1.165) is 23.1 Å². The minimum atomic E-state index is -1.39. The van der Waals surface area contributed by atoms with Crippen LogP contribution in [0.15, 0.2) is 36.5 Å². The van der Waals surface area contributed by atoms with Crippen molar-refractivity contribution in [2.75, 3.05) is 6.61 Å². The van der Waals surface area contributed by atoms with Crippen LogP contribution in [-0.4, -0.2) is 47.8 Å². The molecule has 2 aromatic carbocycles. The number of H-pyrrole nitrogens is 1. The van der Waals surface area contributed by atoms with Crippen molar-refractivity contribution in [1.82, 2.24) is 24.6 Å². The Morgan fingerprint density at radius 2 is 2.08 bits per heavy atom. The number of aromatic amines is 1.